The summed E-state index contributed by atoms with van der Waals surface area (Å²) in [5.41, 5.74) is 9.87. The molecule has 8 heteroatoms. The van der Waals surface area contributed by atoms with Gasteiger partial charge in [-0.1, -0.05) is 41.7 Å². The van der Waals surface area contributed by atoms with Crippen LogP contribution in [0.3, 0.4) is 0 Å². The highest BCUT2D eigenvalue weighted by atomic mass is 32.1. The van der Waals surface area contributed by atoms with Crippen LogP contribution < -0.4 is 15.9 Å². The number of carbonyl (C=O) groups excluding carboxylic acids is 1. The van der Waals surface area contributed by atoms with Gasteiger partial charge in [0.15, 0.2) is 0 Å². The first kappa shape index (κ1) is 17.6. The van der Waals surface area contributed by atoms with Crippen molar-refractivity contribution in [3.63, 3.8) is 0 Å². The van der Waals surface area contributed by atoms with Crippen molar-refractivity contribution in [2.45, 2.75) is 13.0 Å². The van der Waals surface area contributed by atoms with Gasteiger partial charge in [-0.2, -0.15) is 5.10 Å². The molecule has 1 aromatic heterocycles. The Kier molecular flexibility index (Phi) is 5.89. The molecule has 0 fully saturated rings. The third-order valence-electron chi connectivity index (χ3n) is 3.33. The normalized spacial score (nSPS) is 10.8. The lowest BCUT2D eigenvalue weighted by molar-refractivity contribution is -0.120. The van der Waals surface area contributed by atoms with Crippen LogP contribution in [-0.4, -0.2) is 22.3 Å². The molecule has 0 saturated carbocycles. The predicted octanol–water partition coefficient (Wildman–Crippen LogP) is 2.39. The van der Waals surface area contributed by atoms with Crippen LogP contribution in [0.2, 0.25) is 0 Å². The van der Waals surface area contributed by atoms with Crippen molar-refractivity contribution in [1.29, 1.82) is 0 Å². The molecule has 3 aromatic rings. The summed E-state index contributed by atoms with van der Waals surface area (Å²) in [7, 11) is 0. The number of rotatable bonds is 7. The van der Waals surface area contributed by atoms with Crippen molar-refractivity contribution < 1.29 is 9.53 Å². The average Bonchev–Trinajstić information content (AvgIpc) is 3.06. The van der Waals surface area contributed by atoms with Crippen LogP contribution in [0.4, 0.5) is 5.13 Å². The molecule has 2 aromatic carbocycles. The Morgan fingerprint density at radius 2 is 1.92 bits per heavy atom. The maximum Gasteiger partial charge on any atom is 0.247 e. The largest absolute Gasteiger partial charge is 0.489 e. The van der Waals surface area contributed by atoms with Gasteiger partial charge in [0, 0.05) is 0 Å². The summed E-state index contributed by atoms with van der Waals surface area (Å²) < 4.78 is 5.72. The van der Waals surface area contributed by atoms with E-state index in [2.05, 4.69) is 20.7 Å². The first-order chi connectivity index (χ1) is 12.7. The summed E-state index contributed by atoms with van der Waals surface area (Å²) in [5, 5.41) is 12.3. The van der Waals surface area contributed by atoms with Crippen LogP contribution >= 0.6 is 11.3 Å². The maximum absolute atomic E-state index is 11.7. The Balaban J connectivity index is 1.46. The van der Waals surface area contributed by atoms with Gasteiger partial charge in [0.1, 0.15) is 17.4 Å². The first-order valence-corrected chi connectivity index (χ1v) is 8.67. The van der Waals surface area contributed by atoms with Crippen LogP contribution in [0, 0.1) is 0 Å². The highest BCUT2D eigenvalue weighted by Crippen LogP contribution is 2.13. The minimum absolute atomic E-state index is 0.0957. The number of nitrogen functional groups attached to an aromatic ring is 1. The molecular formula is C18H17N5O2S. The standard InChI is InChI=1S/C18H17N5O2S/c19-18-23-22-17(26-18)10-16(24)21-20-11-13-6-8-15(9-7-13)25-12-14-4-2-1-3-5-14/h1-9,11H,10,12H2,(H2,19,23)(H,21,24)/b20-11+. The fourth-order valence-corrected chi connectivity index (χ4v) is 2.69. The molecule has 0 unspecified atom stereocenters. The highest BCUT2D eigenvalue weighted by Gasteiger charge is 2.06. The second kappa shape index (κ2) is 8.72. The molecule has 0 spiro atoms. The molecule has 0 aliphatic heterocycles. The third-order valence-corrected chi connectivity index (χ3v) is 4.08. The monoisotopic (exact) mass is 367 g/mol. The van der Waals surface area contributed by atoms with Gasteiger partial charge in [-0.25, -0.2) is 5.43 Å². The first-order valence-electron chi connectivity index (χ1n) is 7.85. The Hall–Kier alpha value is -3.26. The van der Waals surface area contributed by atoms with E-state index in [1.54, 1.807) is 6.21 Å². The van der Waals surface area contributed by atoms with Crippen molar-refractivity contribution in [1.82, 2.24) is 15.6 Å². The van der Waals surface area contributed by atoms with Crippen LogP contribution in [-0.2, 0) is 17.8 Å². The molecule has 3 N–H and O–H groups in total. The number of nitrogens with one attached hydrogen (secondary N) is 1. The van der Waals surface area contributed by atoms with Crippen LogP contribution in [0.25, 0.3) is 0 Å². The minimum Gasteiger partial charge on any atom is -0.489 e. The van der Waals surface area contributed by atoms with E-state index in [1.165, 1.54) is 11.3 Å². The number of amides is 1. The zero-order chi connectivity index (χ0) is 18.2. The summed E-state index contributed by atoms with van der Waals surface area (Å²) in [6, 6.07) is 17.4. The number of anilines is 1. The number of ether oxygens (including phenoxy) is 1. The Labute approximate surface area is 154 Å². The van der Waals surface area contributed by atoms with Gasteiger partial charge in [0.25, 0.3) is 0 Å². The van der Waals surface area contributed by atoms with E-state index in [1.807, 2.05) is 54.6 Å². The minimum atomic E-state index is -0.278. The lowest BCUT2D eigenvalue weighted by Gasteiger charge is -2.06. The predicted molar refractivity (Wildman–Crippen MR) is 101 cm³/mol. The SMILES string of the molecule is Nc1nnc(CC(=O)N/N=C/c2ccc(OCc3ccccc3)cc2)s1. The molecule has 0 bridgehead atoms. The van der Waals surface area contributed by atoms with E-state index in [4.69, 9.17) is 10.5 Å². The molecule has 0 aliphatic carbocycles. The number of hydrogen-bond donors (Lipinski definition) is 2. The van der Waals surface area contributed by atoms with Crippen molar-refractivity contribution in [2.24, 2.45) is 5.10 Å². The molecule has 3 rings (SSSR count). The van der Waals surface area contributed by atoms with Crippen LogP contribution in [0.15, 0.2) is 59.7 Å². The summed E-state index contributed by atoms with van der Waals surface area (Å²) in [6.45, 7) is 0.514. The molecular weight excluding hydrogens is 350 g/mol. The number of benzene rings is 2. The van der Waals surface area contributed by atoms with Crippen molar-refractivity contribution >= 4 is 28.6 Å². The summed E-state index contributed by atoms with van der Waals surface area (Å²) >= 11 is 1.18. The summed E-state index contributed by atoms with van der Waals surface area (Å²) in [5.74, 6) is 0.490. The molecule has 132 valence electrons. The lowest BCUT2D eigenvalue weighted by atomic mass is 10.2. The average molecular weight is 367 g/mol. The molecule has 0 atom stereocenters. The number of nitrogens with zero attached hydrogens (tertiary/aromatic N) is 3. The molecule has 1 amide bonds. The fraction of sp³-hybridized carbons (Fsp3) is 0.111. The smallest absolute Gasteiger partial charge is 0.247 e. The number of carbonyl (C=O) groups is 1. The van der Waals surface area contributed by atoms with Crippen LogP contribution in [0.1, 0.15) is 16.1 Å². The van der Waals surface area contributed by atoms with Crippen LogP contribution in [0.5, 0.6) is 5.75 Å². The van der Waals surface area contributed by atoms with Crippen molar-refractivity contribution in [2.75, 3.05) is 5.73 Å². The van der Waals surface area contributed by atoms with E-state index in [0.717, 1.165) is 16.9 Å². The van der Waals surface area contributed by atoms with E-state index in [0.29, 0.717) is 16.7 Å². The van der Waals surface area contributed by atoms with Gasteiger partial charge in [0.05, 0.1) is 12.6 Å². The third kappa shape index (κ3) is 5.38. The quantitative estimate of drug-likeness (QED) is 0.493. The molecule has 7 nitrogen and oxygen atoms in total. The van der Waals surface area contributed by atoms with Gasteiger partial charge >= 0.3 is 0 Å². The van der Waals surface area contributed by atoms with E-state index >= 15 is 0 Å². The van der Waals surface area contributed by atoms with Gasteiger partial charge in [-0.3, -0.25) is 4.79 Å². The van der Waals surface area contributed by atoms with E-state index in [9.17, 15) is 4.79 Å². The topological polar surface area (TPSA) is 102 Å². The fourth-order valence-electron chi connectivity index (χ4n) is 2.08. The van der Waals surface area contributed by atoms with Gasteiger partial charge in [0.2, 0.25) is 11.0 Å². The van der Waals surface area contributed by atoms with Gasteiger partial charge in [-0.15, -0.1) is 10.2 Å². The molecule has 0 saturated heterocycles. The van der Waals surface area contributed by atoms with Gasteiger partial charge < -0.3 is 10.5 Å². The number of hydrazone groups is 1. The number of hydrogen-bond acceptors (Lipinski definition) is 7. The van der Waals surface area contributed by atoms with E-state index in [-0.39, 0.29) is 12.3 Å². The lowest BCUT2D eigenvalue weighted by Crippen LogP contribution is -2.19. The Bertz CT molecular complexity index is 878. The maximum atomic E-state index is 11.7. The summed E-state index contributed by atoms with van der Waals surface area (Å²) in [6.07, 6.45) is 1.66. The molecule has 26 heavy (non-hydrogen) atoms. The van der Waals surface area contributed by atoms with E-state index < -0.39 is 0 Å². The second-order valence-electron chi connectivity index (χ2n) is 5.35. The highest BCUT2D eigenvalue weighted by molar-refractivity contribution is 7.15. The molecule has 0 radical (unpaired) electrons. The number of aromatic nitrogens is 2. The Morgan fingerprint density at radius 3 is 2.62 bits per heavy atom. The molecule has 1 heterocycles. The second-order valence-corrected chi connectivity index (χ2v) is 6.44. The van der Waals surface area contributed by atoms with Gasteiger partial charge in [-0.05, 0) is 35.4 Å². The zero-order valence-corrected chi connectivity index (χ0v) is 14.6. The zero-order valence-electron chi connectivity index (χ0n) is 13.8. The number of nitrogens with two attached hydrogens (primary N) is 1. The van der Waals surface area contributed by atoms with Crippen molar-refractivity contribution in [3.05, 3.63) is 70.7 Å². The Morgan fingerprint density at radius 1 is 1.15 bits per heavy atom. The van der Waals surface area contributed by atoms with Crippen molar-refractivity contribution in [3.8, 4) is 5.75 Å². The molecule has 0 aliphatic rings. The summed E-state index contributed by atoms with van der Waals surface area (Å²) in [4.78, 5) is 11.7.